The van der Waals surface area contributed by atoms with Crippen molar-refractivity contribution in [3.05, 3.63) is 80.8 Å². The molecule has 0 aliphatic carbocycles. The number of aromatic hydroxyl groups is 1. The zero-order chi connectivity index (χ0) is 21.4. The first-order valence-corrected chi connectivity index (χ1v) is 9.85. The van der Waals surface area contributed by atoms with Gasteiger partial charge in [-0.3, -0.25) is 9.36 Å². The third-order valence-electron chi connectivity index (χ3n) is 4.52. The van der Waals surface area contributed by atoms with Crippen LogP contribution in [0.15, 0.2) is 46.6 Å². The van der Waals surface area contributed by atoms with Gasteiger partial charge < -0.3 is 5.11 Å². The van der Waals surface area contributed by atoms with Crippen LogP contribution >= 0.6 is 11.3 Å². The van der Waals surface area contributed by atoms with Crippen LogP contribution < -0.4 is 5.56 Å². The Balaban J connectivity index is 1.74. The number of hydrogen-bond acceptors (Lipinski definition) is 6. The van der Waals surface area contributed by atoms with Gasteiger partial charge in [0.25, 0.3) is 5.56 Å². The van der Waals surface area contributed by atoms with Gasteiger partial charge in [0.05, 0.1) is 12.6 Å². The molecule has 3 aromatic heterocycles. The van der Waals surface area contributed by atoms with Crippen molar-refractivity contribution < 1.29 is 13.9 Å². The standard InChI is InChI=1S/C21H16F2N4O2S/c1-11-10-30-21(24-11)20-26-18(28)8-19(29)27(20)9-13-3-4-15(16(22)7-13)14-5-6-17(23)25-12(14)2/h3-8,10,28H,9H2,1-2H3. The molecule has 0 atom stereocenters. The average molecular weight is 426 g/mol. The van der Waals surface area contributed by atoms with Crippen molar-refractivity contribution in [3.63, 3.8) is 0 Å². The molecule has 1 N–H and O–H groups in total. The fourth-order valence-electron chi connectivity index (χ4n) is 3.14. The molecule has 0 aliphatic rings. The Hall–Kier alpha value is -3.46. The zero-order valence-corrected chi connectivity index (χ0v) is 16.9. The summed E-state index contributed by atoms with van der Waals surface area (Å²) in [7, 11) is 0. The minimum atomic E-state index is -0.627. The summed E-state index contributed by atoms with van der Waals surface area (Å²) in [6.07, 6.45) is 0. The molecule has 4 rings (SSSR count). The molecule has 0 radical (unpaired) electrons. The third kappa shape index (κ3) is 3.84. The van der Waals surface area contributed by atoms with E-state index in [-0.39, 0.29) is 17.9 Å². The highest BCUT2D eigenvalue weighted by molar-refractivity contribution is 7.13. The quantitative estimate of drug-likeness (QED) is 0.498. The van der Waals surface area contributed by atoms with E-state index in [4.69, 9.17) is 0 Å². The predicted octanol–water partition coefficient (Wildman–Crippen LogP) is 4.08. The summed E-state index contributed by atoms with van der Waals surface area (Å²) in [6, 6.07) is 8.22. The van der Waals surface area contributed by atoms with Gasteiger partial charge >= 0.3 is 0 Å². The fraction of sp³-hybridized carbons (Fsp3) is 0.143. The number of benzene rings is 1. The lowest BCUT2D eigenvalue weighted by Gasteiger charge is -2.12. The highest BCUT2D eigenvalue weighted by Crippen LogP contribution is 2.27. The summed E-state index contributed by atoms with van der Waals surface area (Å²) >= 11 is 1.29. The first-order chi connectivity index (χ1) is 14.3. The second-order valence-electron chi connectivity index (χ2n) is 6.74. The van der Waals surface area contributed by atoms with Crippen LogP contribution in [0.5, 0.6) is 5.88 Å². The second-order valence-corrected chi connectivity index (χ2v) is 7.60. The molecular weight excluding hydrogens is 410 g/mol. The van der Waals surface area contributed by atoms with Crippen molar-refractivity contribution in [1.82, 2.24) is 19.5 Å². The van der Waals surface area contributed by atoms with E-state index in [0.29, 0.717) is 21.8 Å². The van der Waals surface area contributed by atoms with Crippen molar-refractivity contribution in [2.24, 2.45) is 0 Å². The van der Waals surface area contributed by atoms with Gasteiger partial charge in [0.1, 0.15) is 5.82 Å². The van der Waals surface area contributed by atoms with Crippen LogP contribution in [0.4, 0.5) is 8.78 Å². The lowest BCUT2D eigenvalue weighted by molar-refractivity contribution is 0.448. The van der Waals surface area contributed by atoms with Gasteiger partial charge in [0, 0.05) is 27.9 Å². The van der Waals surface area contributed by atoms with E-state index in [1.807, 2.05) is 12.3 Å². The molecule has 0 spiro atoms. The molecule has 9 heteroatoms. The van der Waals surface area contributed by atoms with Crippen LogP contribution in [0.25, 0.3) is 22.0 Å². The van der Waals surface area contributed by atoms with E-state index in [9.17, 15) is 18.7 Å². The molecular formula is C21H16F2N4O2S. The smallest absolute Gasteiger partial charge is 0.257 e. The van der Waals surface area contributed by atoms with Crippen LogP contribution in [0.2, 0.25) is 0 Å². The topological polar surface area (TPSA) is 80.9 Å². The Bertz CT molecular complexity index is 1320. The van der Waals surface area contributed by atoms with Gasteiger partial charge in [-0.1, -0.05) is 12.1 Å². The van der Waals surface area contributed by atoms with Crippen LogP contribution in [-0.2, 0) is 6.54 Å². The van der Waals surface area contributed by atoms with E-state index >= 15 is 0 Å². The Morgan fingerprint density at radius 1 is 1.03 bits per heavy atom. The summed E-state index contributed by atoms with van der Waals surface area (Å²) in [5.74, 6) is -1.34. The van der Waals surface area contributed by atoms with Crippen molar-refractivity contribution in [2.75, 3.05) is 0 Å². The van der Waals surface area contributed by atoms with Crippen LogP contribution in [0.1, 0.15) is 17.0 Å². The van der Waals surface area contributed by atoms with Crippen molar-refractivity contribution >= 4 is 11.3 Å². The molecule has 30 heavy (non-hydrogen) atoms. The first-order valence-electron chi connectivity index (χ1n) is 8.97. The predicted molar refractivity (Wildman–Crippen MR) is 109 cm³/mol. The average Bonchev–Trinajstić information content (AvgIpc) is 3.11. The zero-order valence-electron chi connectivity index (χ0n) is 16.1. The van der Waals surface area contributed by atoms with Crippen molar-refractivity contribution in [3.8, 4) is 27.8 Å². The molecule has 0 saturated carbocycles. The molecule has 0 aliphatic heterocycles. The molecule has 0 amide bonds. The van der Waals surface area contributed by atoms with Crippen LogP contribution in [-0.4, -0.2) is 24.6 Å². The SMILES string of the molecule is Cc1csc(-c2nc(O)cc(=O)n2Cc2ccc(-c3ccc(F)nc3C)c(F)c2)n1. The van der Waals surface area contributed by atoms with Crippen LogP contribution in [0, 0.1) is 25.6 Å². The Labute approximate surface area is 174 Å². The molecule has 0 fully saturated rings. The minimum absolute atomic E-state index is 0.0396. The number of nitrogens with zero attached hydrogens (tertiary/aromatic N) is 4. The van der Waals surface area contributed by atoms with Gasteiger partial charge in [-0.15, -0.1) is 11.3 Å². The number of thiazole rings is 1. The number of hydrogen-bond donors (Lipinski definition) is 1. The van der Waals surface area contributed by atoms with Gasteiger partial charge in [-0.25, -0.2) is 14.4 Å². The maximum absolute atomic E-state index is 14.8. The Morgan fingerprint density at radius 3 is 2.47 bits per heavy atom. The molecule has 1 aromatic carbocycles. The second kappa shape index (κ2) is 7.75. The number of aryl methyl sites for hydroxylation is 2. The molecule has 6 nitrogen and oxygen atoms in total. The van der Waals surface area contributed by atoms with Gasteiger partial charge in [-0.2, -0.15) is 9.37 Å². The molecule has 152 valence electrons. The van der Waals surface area contributed by atoms with Gasteiger partial charge in [-0.05, 0) is 37.6 Å². The number of pyridine rings is 1. The van der Waals surface area contributed by atoms with E-state index in [1.165, 1.54) is 34.1 Å². The van der Waals surface area contributed by atoms with E-state index in [0.717, 1.165) is 11.8 Å². The van der Waals surface area contributed by atoms with E-state index in [2.05, 4.69) is 15.0 Å². The summed E-state index contributed by atoms with van der Waals surface area (Å²) in [5, 5.41) is 12.1. The van der Waals surface area contributed by atoms with Crippen molar-refractivity contribution in [2.45, 2.75) is 20.4 Å². The Morgan fingerprint density at radius 2 is 1.80 bits per heavy atom. The highest BCUT2D eigenvalue weighted by Gasteiger charge is 2.16. The van der Waals surface area contributed by atoms with E-state index in [1.54, 1.807) is 19.1 Å². The lowest BCUT2D eigenvalue weighted by atomic mass is 10.0. The maximum Gasteiger partial charge on any atom is 0.257 e. The number of aromatic nitrogens is 4. The number of rotatable bonds is 4. The monoisotopic (exact) mass is 426 g/mol. The molecule has 0 unspecified atom stereocenters. The summed E-state index contributed by atoms with van der Waals surface area (Å²) in [5.41, 5.74) is 1.96. The summed E-state index contributed by atoms with van der Waals surface area (Å²) in [6.45, 7) is 3.46. The summed E-state index contributed by atoms with van der Waals surface area (Å²) < 4.78 is 29.4. The number of halogens is 2. The van der Waals surface area contributed by atoms with Gasteiger partial charge in [0.2, 0.25) is 11.8 Å². The maximum atomic E-state index is 14.8. The Kier molecular flexibility index (Phi) is 5.13. The molecule has 3 heterocycles. The first kappa shape index (κ1) is 19.8. The minimum Gasteiger partial charge on any atom is -0.493 e. The van der Waals surface area contributed by atoms with Gasteiger partial charge in [0.15, 0.2) is 10.8 Å². The lowest BCUT2D eigenvalue weighted by Crippen LogP contribution is -2.22. The molecule has 4 aromatic rings. The normalized spacial score (nSPS) is 11.1. The highest BCUT2D eigenvalue weighted by atomic mass is 32.1. The van der Waals surface area contributed by atoms with Crippen molar-refractivity contribution in [1.29, 1.82) is 0 Å². The molecule has 0 saturated heterocycles. The fourth-order valence-corrected chi connectivity index (χ4v) is 3.93. The van der Waals surface area contributed by atoms with Crippen LogP contribution in [0.3, 0.4) is 0 Å². The third-order valence-corrected chi connectivity index (χ3v) is 5.48. The van der Waals surface area contributed by atoms with E-state index < -0.39 is 23.2 Å². The largest absolute Gasteiger partial charge is 0.493 e. The summed E-state index contributed by atoms with van der Waals surface area (Å²) in [4.78, 5) is 24.6. The molecule has 0 bridgehead atoms.